The minimum Gasteiger partial charge on any atom is -0.341 e. The van der Waals surface area contributed by atoms with Crippen LogP contribution in [0.3, 0.4) is 0 Å². The number of aromatic amines is 1. The zero-order valence-corrected chi connectivity index (χ0v) is 18.7. The lowest BCUT2D eigenvalue weighted by atomic mass is 9.84. The van der Waals surface area contributed by atoms with Gasteiger partial charge in [-0.2, -0.15) is 18.3 Å². The average molecular weight is 485 g/mol. The molecule has 0 bridgehead atoms. The van der Waals surface area contributed by atoms with Crippen LogP contribution in [-0.2, 0) is 19.1 Å². The number of nitrogens with one attached hydrogen (secondary N) is 2. The fourth-order valence-electron chi connectivity index (χ4n) is 4.74. The highest BCUT2D eigenvalue weighted by molar-refractivity contribution is 5.94. The summed E-state index contributed by atoms with van der Waals surface area (Å²) in [6, 6.07) is 0.786. The highest BCUT2D eigenvalue weighted by atomic mass is 19.4. The van der Waals surface area contributed by atoms with Crippen LogP contribution in [0.15, 0.2) is 6.07 Å². The van der Waals surface area contributed by atoms with Crippen LogP contribution in [0.1, 0.15) is 57.2 Å². The molecule has 2 aliphatic heterocycles. The molecule has 7 nitrogen and oxygen atoms in total. The van der Waals surface area contributed by atoms with Crippen molar-refractivity contribution in [3.05, 3.63) is 51.3 Å². The topological polar surface area (TPSA) is 81.3 Å². The summed E-state index contributed by atoms with van der Waals surface area (Å²) in [5.41, 5.74) is -0.474. The molecular formula is C22H24F5N5O2. The minimum atomic E-state index is -5.04. The number of carbonyl (C=O) groups excluding carboxylic acids is 2. The summed E-state index contributed by atoms with van der Waals surface area (Å²) in [6.07, 6.45) is -4.20. The van der Waals surface area contributed by atoms with E-state index in [-0.39, 0.29) is 61.2 Å². The Bertz CT molecular complexity index is 1120. The highest BCUT2D eigenvalue weighted by Gasteiger charge is 2.41. The number of rotatable bonds is 2. The first-order valence-corrected chi connectivity index (χ1v) is 10.9. The number of likely N-dealkylation sites (tertiary alicyclic amines) is 1. The van der Waals surface area contributed by atoms with E-state index in [0.717, 1.165) is 11.8 Å². The number of piperidine rings is 1. The zero-order valence-electron chi connectivity index (χ0n) is 18.7. The van der Waals surface area contributed by atoms with E-state index in [9.17, 15) is 31.5 Å². The van der Waals surface area contributed by atoms with Gasteiger partial charge in [0.1, 0.15) is 0 Å². The van der Waals surface area contributed by atoms with Crippen molar-refractivity contribution in [3.63, 3.8) is 0 Å². The van der Waals surface area contributed by atoms with Crippen LogP contribution >= 0.6 is 0 Å². The van der Waals surface area contributed by atoms with Crippen molar-refractivity contribution in [2.24, 2.45) is 0 Å². The van der Waals surface area contributed by atoms with Crippen molar-refractivity contribution in [2.45, 2.75) is 44.8 Å². The summed E-state index contributed by atoms with van der Waals surface area (Å²) in [7, 11) is 1.52. The molecule has 3 heterocycles. The van der Waals surface area contributed by atoms with Crippen LogP contribution < -0.4 is 5.32 Å². The Morgan fingerprint density at radius 2 is 1.79 bits per heavy atom. The van der Waals surface area contributed by atoms with Crippen molar-refractivity contribution >= 4 is 11.9 Å². The Labute approximate surface area is 192 Å². The predicted octanol–water partition coefficient (Wildman–Crippen LogP) is 3.73. The molecule has 1 saturated heterocycles. The number of halogens is 5. The molecular weight excluding hydrogens is 461 g/mol. The molecule has 34 heavy (non-hydrogen) atoms. The second kappa shape index (κ2) is 8.88. The third-order valence-corrected chi connectivity index (χ3v) is 6.56. The Kier molecular flexibility index (Phi) is 6.26. The first kappa shape index (κ1) is 24.0. The van der Waals surface area contributed by atoms with E-state index in [1.165, 1.54) is 18.9 Å². The Morgan fingerprint density at radius 3 is 2.41 bits per heavy atom. The number of nitrogens with zero attached hydrogens (tertiary/aromatic N) is 3. The number of benzene rings is 1. The number of fused-ring (bicyclic) bond motifs is 1. The monoisotopic (exact) mass is 485 g/mol. The molecule has 184 valence electrons. The van der Waals surface area contributed by atoms with E-state index >= 15 is 0 Å². The molecule has 4 rings (SSSR count). The van der Waals surface area contributed by atoms with Crippen LogP contribution in [0.5, 0.6) is 0 Å². The van der Waals surface area contributed by atoms with Gasteiger partial charge in [-0.1, -0.05) is 6.07 Å². The summed E-state index contributed by atoms with van der Waals surface area (Å²) in [4.78, 5) is 28.2. The van der Waals surface area contributed by atoms with E-state index in [2.05, 4.69) is 15.5 Å². The van der Waals surface area contributed by atoms with E-state index < -0.39 is 29.3 Å². The number of aryl methyl sites for hydroxylation is 1. The molecule has 2 aromatic rings. The second-order valence-electron chi connectivity index (χ2n) is 8.61. The molecule has 0 unspecified atom stereocenters. The number of carbonyl (C=O) groups is 2. The Hall–Kier alpha value is -3.18. The van der Waals surface area contributed by atoms with Gasteiger partial charge in [-0.25, -0.2) is 13.6 Å². The SMILES string of the molecule is CNC(=O)N1CCc2[nH]nc(C(=O)N3CCC(c4cc(C)c(F)c(F)c4C(F)(F)F)CC3)c2C1. The van der Waals surface area contributed by atoms with Gasteiger partial charge in [0.2, 0.25) is 0 Å². The number of amides is 3. The molecule has 1 aromatic heterocycles. The fraction of sp³-hybridized carbons (Fsp3) is 0.500. The summed E-state index contributed by atoms with van der Waals surface area (Å²) in [6.45, 7) is 2.19. The molecule has 0 spiro atoms. The van der Waals surface area contributed by atoms with E-state index in [1.807, 2.05) is 0 Å². The normalized spacial score (nSPS) is 17.0. The lowest BCUT2D eigenvalue weighted by Crippen LogP contribution is -2.42. The third-order valence-electron chi connectivity index (χ3n) is 6.56. The lowest BCUT2D eigenvalue weighted by molar-refractivity contribution is -0.141. The number of alkyl halides is 3. The standard InChI is InChI=1S/C22H24F5N5O2/c1-11-9-13(16(22(25,26)27)18(24)17(11)23)12-3-6-31(7-4-12)20(33)19-14-10-32(21(34)28-2)8-5-15(14)29-30-19/h9,12H,3-8,10H2,1-2H3,(H,28,34)(H,29,30). The fourth-order valence-corrected chi connectivity index (χ4v) is 4.74. The Balaban J connectivity index is 1.52. The van der Waals surface area contributed by atoms with Crippen LogP contribution in [0.25, 0.3) is 0 Å². The highest BCUT2D eigenvalue weighted by Crippen LogP contribution is 2.42. The minimum absolute atomic E-state index is 0.139. The first-order chi connectivity index (χ1) is 16.0. The van der Waals surface area contributed by atoms with Gasteiger partial charge in [0, 0.05) is 44.4 Å². The van der Waals surface area contributed by atoms with Crippen LogP contribution in [0.4, 0.5) is 26.7 Å². The van der Waals surface area contributed by atoms with E-state index in [1.54, 1.807) is 4.90 Å². The summed E-state index contributed by atoms with van der Waals surface area (Å²) >= 11 is 0. The van der Waals surface area contributed by atoms with Gasteiger partial charge < -0.3 is 15.1 Å². The van der Waals surface area contributed by atoms with Gasteiger partial charge in [-0.3, -0.25) is 9.89 Å². The number of aromatic nitrogens is 2. The molecule has 2 aliphatic rings. The molecule has 0 radical (unpaired) electrons. The zero-order chi connectivity index (χ0) is 24.8. The molecule has 0 atom stereocenters. The van der Waals surface area contributed by atoms with Crippen LogP contribution in [0, 0.1) is 18.6 Å². The van der Waals surface area contributed by atoms with Crippen molar-refractivity contribution in [1.82, 2.24) is 25.3 Å². The molecule has 0 aliphatic carbocycles. The van der Waals surface area contributed by atoms with Crippen LogP contribution in [0.2, 0.25) is 0 Å². The van der Waals surface area contributed by atoms with Gasteiger partial charge >= 0.3 is 12.2 Å². The van der Waals surface area contributed by atoms with E-state index in [0.29, 0.717) is 18.5 Å². The number of hydrogen-bond donors (Lipinski definition) is 2. The average Bonchev–Trinajstić information content (AvgIpc) is 3.23. The number of urea groups is 1. The van der Waals surface area contributed by atoms with Crippen molar-refractivity contribution in [2.75, 3.05) is 26.7 Å². The van der Waals surface area contributed by atoms with Gasteiger partial charge in [0.05, 0.1) is 12.1 Å². The largest absolute Gasteiger partial charge is 0.419 e. The van der Waals surface area contributed by atoms with Crippen LogP contribution in [-0.4, -0.2) is 58.6 Å². The molecule has 3 amide bonds. The first-order valence-electron chi connectivity index (χ1n) is 10.9. The maximum atomic E-state index is 14.2. The van der Waals surface area contributed by atoms with Gasteiger partial charge in [-0.05, 0) is 36.8 Å². The van der Waals surface area contributed by atoms with Gasteiger partial charge in [-0.15, -0.1) is 0 Å². The van der Waals surface area contributed by atoms with Crippen molar-refractivity contribution in [3.8, 4) is 0 Å². The molecule has 1 aromatic carbocycles. The molecule has 12 heteroatoms. The van der Waals surface area contributed by atoms with E-state index in [4.69, 9.17) is 0 Å². The number of hydrogen-bond acceptors (Lipinski definition) is 3. The Morgan fingerprint density at radius 1 is 1.12 bits per heavy atom. The molecule has 0 saturated carbocycles. The maximum absolute atomic E-state index is 14.2. The van der Waals surface area contributed by atoms with Crippen molar-refractivity contribution < 1.29 is 31.5 Å². The predicted molar refractivity (Wildman–Crippen MR) is 111 cm³/mol. The maximum Gasteiger partial charge on any atom is 0.419 e. The van der Waals surface area contributed by atoms with Gasteiger partial charge in [0.25, 0.3) is 5.91 Å². The summed E-state index contributed by atoms with van der Waals surface area (Å²) in [5, 5.41) is 9.52. The smallest absolute Gasteiger partial charge is 0.341 e. The molecule has 1 fully saturated rings. The third kappa shape index (κ3) is 4.21. The lowest BCUT2D eigenvalue weighted by Gasteiger charge is -2.33. The summed E-state index contributed by atoms with van der Waals surface area (Å²) in [5.74, 6) is -4.44. The quantitative estimate of drug-likeness (QED) is 0.637. The van der Waals surface area contributed by atoms with Gasteiger partial charge in [0.15, 0.2) is 17.3 Å². The molecule has 2 N–H and O–H groups in total. The summed E-state index contributed by atoms with van der Waals surface area (Å²) < 4.78 is 68.7. The number of H-pyrrole nitrogens is 1. The second-order valence-corrected chi connectivity index (χ2v) is 8.61. The van der Waals surface area contributed by atoms with Crippen molar-refractivity contribution in [1.29, 1.82) is 0 Å².